The van der Waals surface area contributed by atoms with Crippen LogP contribution in [0.1, 0.15) is 47.9 Å². The van der Waals surface area contributed by atoms with Crippen molar-refractivity contribution in [2.24, 2.45) is 0 Å². The SMILES string of the molecule is CCO[Si](CCCNC1=C(C#N)C(=O)c2c(N)ccc(Nc3ccc(N(C)C)cc3)c2C1=O)(OCC)OCC. The summed E-state index contributed by atoms with van der Waals surface area (Å²) >= 11 is 0. The first-order valence-corrected chi connectivity index (χ1v) is 15.0. The van der Waals surface area contributed by atoms with Gasteiger partial charge in [-0.2, -0.15) is 5.26 Å². The van der Waals surface area contributed by atoms with Crippen LogP contribution in [0.4, 0.5) is 22.7 Å². The Morgan fingerprint density at radius 1 is 0.923 bits per heavy atom. The number of allylic oxidation sites excluding steroid dienone is 2. The molecule has 0 heterocycles. The fourth-order valence-corrected chi connectivity index (χ4v) is 7.09. The van der Waals surface area contributed by atoms with E-state index in [0.29, 0.717) is 44.5 Å². The van der Waals surface area contributed by atoms with E-state index >= 15 is 0 Å². The van der Waals surface area contributed by atoms with Gasteiger partial charge < -0.3 is 34.5 Å². The van der Waals surface area contributed by atoms with Gasteiger partial charge in [-0.1, -0.05) is 0 Å². The summed E-state index contributed by atoms with van der Waals surface area (Å²) in [6, 6.07) is 13.3. The zero-order valence-electron chi connectivity index (χ0n) is 23.2. The summed E-state index contributed by atoms with van der Waals surface area (Å²) in [5.74, 6) is -1.05. The van der Waals surface area contributed by atoms with Gasteiger partial charge >= 0.3 is 8.80 Å². The molecular formula is C28H37N5O5Si. The Bertz CT molecular complexity index is 1250. The Balaban J connectivity index is 1.86. The molecule has 3 rings (SSSR count). The zero-order valence-corrected chi connectivity index (χ0v) is 24.2. The second-order valence-corrected chi connectivity index (χ2v) is 11.8. The number of anilines is 4. The Kier molecular flexibility index (Phi) is 10.3. The molecule has 0 unspecified atom stereocenters. The number of nitrogens with one attached hydrogen (secondary N) is 2. The predicted octanol–water partition coefficient (Wildman–Crippen LogP) is 4.26. The summed E-state index contributed by atoms with van der Waals surface area (Å²) < 4.78 is 17.7. The smallest absolute Gasteiger partial charge is 0.398 e. The Hall–Kier alpha value is -3.69. The molecule has 39 heavy (non-hydrogen) atoms. The minimum absolute atomic E-state index is 0.0347. The minimum Gasteiger partial charge on any atom is -0.398 e. The fourth-order valence-electron chi connectivity index (χ4n) is 4.47. The molecule has 0 aliphatic heterocycles. The summed E-state index contributed by atoms with van der Waals surface area (Å²) in [5, 5.41) is 16.1. The van der Waals surface area contributed by atoms with Gasteiger partial charge in [0.1, 0.15) is 17.3 Å². The summed E-state index contributed by atoms with van der Waals surface area (Å²) in [4.78, 5) is 29.1. The molecule has 1 aliphatic carbocycles. The first-order valence-electron chi connectivity index (χ1n) is 13.1. The molecule has 10 nitrogen and oxygen atoms in total. The molecule has 0 bridgehead atoms. The van der Waals surface area contributed by atoms with E-state index in [1.54, 1.807) is 12.1 Å². The van der Waals surface area contributed by atoms with Crippen molar-refractivity contribution in [1.29, 1.82) is 5.26 Å². The predicted molar refractivity (Wildman–Crippen MR) is 154 cm³/mol. The van der Waals surface area contributed by atoms with Crippen LogP contribution in [-0.2, 0) is 13.3 Å². The van der Waals surface area contributed by atoms with E-state index in [4.69, 9.17) is 19.0 Å². The Morgan fingerprint density at radius 2 is 1.54 bits per heavy atom. The number of ketones is 2. The lowest BCUT2D eigenvalue weighted by molar-refractivity contribution is 0.0708. The Morgan fingerprint density at radius 3 is 2.08 bits per heavy atom. The Labute approximate surface area is 231 Å². The zero-order chi connectivity index (χ0) is 28.6. The minimum atomic E-state index is -2.87. The number of carbonyl (C=O) groups excluding carboxylic acids is 2. The van der Waals surface area contributed by atoms with E-state index < -0.39 is 20.4 Å². The maximum absolute atomic E-state index is 13.7. The first-order chi connectivity index (χ1) is 18.7. The number of hydrogen-bond donors (Lipinski definition) is 3. The molecule has 0 fully saturated rings. The molecule has 0 saturated carbocycles. The van der Waals surface area contributed by atoms with Gasteiger partial charge in [0.2, 0.25) is 11.6 Å². The van der Waals surface area contributed by atoms with Crippen molar-refractivity contribution < 1.29 is 22.9 Å². The summed E-state index contributed by atoms with van der Waals surface area (Å²) in [5.41, 5.74) is 8.34. The van der Waals surface area contributed by atoms with E-state index in [1.165, 1.54) is 0 Å². The summed E-state index contributed by atoms with van der Waals surface area (Å²) in [7, 11) is 1.03. The molecule has 2 aromatic rings. The van der Waals surface area contributed by atoms with Crippen LogP contribution in [0.25, 0.3) is 0 Å². The molecule has 208 valence electrons. The number of rotatable bonds is 14. The molecular weight excluding hydrogens is 514 g/mol. The molecule has 0 atom stereocenters. The average Bonchev–Trinajstić information content (AvgIpc) is 2.91. The van der Waals surface area contributed by atoms with Crippen LogP contribution >= 0.6 is 0 Å². The van der Waals surface area contributed by atoms with Gasteiger partial charge in [-0.3, -0.25) is 9.59 Å². The molecule has 0 amide bonds. The van der Waals surface area contributed by atoms with Gasteiger partial charge in [0, 0.05) is 63.6 Å². The lowest BCUT2D eigenvalue weighted by atomic mass is 9.85. The lowest BCUT2D eigenvalue weighted by Crippen LogP contribution is -2.46. The number of fused-ring (bicyclic) bond motifs is 1. The van der Waals surface area contributed by atoms with Gasteiger partial charge in [-0.15, -0.1) is 0 Å². The second-order valence-electron chi connectivity index (χ2n) is 9.05. The highest BCUT2D eigenvalue weighted by Crippen LogP contribution is 2.36. The van der Waals surface area contributed by atoms with Crippen LogP contribution in [0.15, 0.2) is 47.7 Å². The second kappa shape index (κ2) is 13.4. The quantitative estimate of drug-likeness (QED) is 0.177. The van der Waals surface area contributed by atoms with Crippen LogP contribution < -0.4 is 21.3 Å². The maximum Gasteiger partial charge on any atom is 0.500 e. The van der Waals surface area contributed by atoms with Crippen molar-refractivity contribution in [3.8, 4) is 6.07 Å². The molecule has 2 aromatic carbocycles. The van der Waals surface area contributed by atoms with Crippen LogP contribution in [0.2, 0.25) is 6.04 Å². The van der Waals surface area contributed by atoms with Crippen LogP contribution in [0.3, 0.4) is 0 Å². The number of nitriles is 1. The standard InChI is InChI=1S/C28H37N5O5Si/c1-6-36-39(37-7-2,38-8-3)17-9-16-31-26-21(18-29)27(34)24-22(30)14-15-23(25(24)28(26)35)32-19-10-12-20(13-11-19)33(4)5/h10-15,31-32H,6-9,16-17,30H2,1-5H3. The summed E-state index contributed by atoms with van der Waals surface area (Å²) in [6.45, 7) is 7.36. The highest BCUT2D eigenvalue weighted by Gasteiger charge is 2.40. The van der Waals surface area contributed by atoms with E-state index in [-0.39, 0.29) is 28.1 Å². The number of Topliss-reactive ketones (excluding diaryl/α,β-unsaturated/α-hetero) is 2. The molecule has 1 aliphatic rings. The van der Waals surface area contributed by atoms with Crippen LogP contribution in [-0.4, -0.2) is 60.8 Å². The maximum atomic E-state index is 13.7. The summed E-state index contributed by atoms with van der Waals surface area (Å²) in [6.07, 6.45) is 0.545. The third-order valence-corrected chi connectivity index (χ3v) is 9.38. The van der Waals surface area contributed by atoms with E-state index in [2.05, 4.69) is 10.6 Å². The van der Waals surface area contributed by atoms with Gasteiger partial charge in [0.15, 0.2) is 0 Å². The fraction of sp³-hybridized carbons (Fsp3) is 0.393. The molecule has 0 radical (unpaired) electrons. The molecule has 11 heteroatoms. The number of nitrogens with zero attached hydrogens (tertiary/aromatic N) is 2. The average molecular weight is 552 g/mol. The molecule has 0 saturated heterocycles. The van der Waals surface area contributed by atoms with E-state index in [0.717, 1.165) is 11.4 Å². The highest BCUT2D eigenvalue weighted by molar-refractivity contribution is 6.60. The number of nitrogen functional groups attached to an aromatic ring is 1. The first kappa shape index (κ1) is 29.9. The number of nitrogens with two attached hydrogens (primary N) is 1. The third kappa shape index (κ3) is 6.66. The van der Waals surface area contributed by atoms with Crippen molar-refractivity contribution in [2.75, 3.05) is 56.4 Å². The van der Waals surface area contributed by atoms with E-state index in [1.807, 2.05) is 70.1 Å². The lowest BCUT2D eigenvalue weighted by Gasteiger charge is -2.28. The van der Waals surface area contributed by atoms with Crippen LogP contribution in [0.5, 0.6) is 0 Å². The van der Waals surface area contributed by atoms with Gasteiger partial charge in [-0.05, 0) is 63.6 Å². The van der Waals surface area contributed by atoms with Gasteiger partial charge in [0.25, 0.3) is 0 Å². The molecule has 4 N–H and O–H groups in total. The van der Waals surface area contributed by atoms with Gasteiger partial charge in [0.05, 0.1) is 16.8 Å². The highest BCUT2D eigenvalue weighted by atomic mass is 28.4. The number of carbonyl (C=O) groups is 2. The molecule has 0 spiro atoms. The largest absolute Gasteiger partial charge is 0.500 e. The van der Waals surface area contributed by atoms with Crippen LogP contribution in [0, 0.1) is 11.3 Å². The number of benzene rings is 2. The van der Waals surface area contributed by atoms with Crippen molar-refractivity contribution in [3.63, 3.8) is 0 Å². The van der Waals surface area contributed by atoms with Gasteiger partial charge in [-0.25, -0.2) is 0 Å². The normalized spacial score (nSPS) is 13.2. The monoisotopic (exact) mass is 551 g/mol. The van der Waals surface area contributed by atoms with E-state index in [9.17, 15) is 14.9 Å². The van der Waals surface area contributed by atoms with Crippen molar-refractivity contribution in [1.82, 2.24) is 5.32 Å². The van der Waals surface area contributed by atoms with Crippen molar-refractivity contribution in [2.45, 2.75) is 33.2 Å². The topological polar surface area (TPSA) is 139 Å². The molecule has 0 aromatic heterocycles. The van der Waals surface area contributed by atoms with Crippen molar-refractivity contribution in [3.05, 3.63) is 58.8 Å². The van der Waals surface area contributed by atoms with Crippen molar-refractivity contribution >= 4 is 43.1 Å². The third-order valence-electron chi connectivity index (χ3n) is 6.22. The number of hydrogen-bond acceptors (Lipinski definition) is 10.